The van der Waals surface area contributed by atoms with Crippen LogP contribution >= 0.6 is 12.2 Å². The molecule has 1 aliphatic heterocycles. The molecule has 12 heavy (non-hydrogen) atoms. The summed E-state index contributed by atoms with van der Waals surface area (Å²) in [5.74, 6) is 0. The van der Waals surface area contributed by atoms with E-state index in [0.29, 0.717) is 5.11 Å². The van der Waals surface area contributed by atoms with Crippen LogP contribution in [0.1, 0.15) is 13.8 Å². The first-order valence-electron chi connectivity index (χ1n) is 4.00. The summed E-state index contributed by atoms with van der Waals surface area (Å²) in [5.41, 5.74) is 0. The molecule has 0 aromatic rings. The molecule has 0 N–H and O–H groups in total. The molecule has 1 aliphatic rings. The molecule has 0 atom stereocenters. The zero-order chi connectivity index (χ0) is 9.35. The van der Waals surface area contributed by atoms with Crippen LogP contribution in [0.5, 0.6) is 0 Å². The molecule has 0 saturated heterocycles. The van der Waals surface area contributed by atoms with Crippen molar-refractivity contribution in [3.8, 4) is 0 Å². The highest BCUT2D eigenvalue weighted by Crippen LogP contribution is 2.18. The summed E-state index contributed by atoms with van der Waals surface area (Å²) < 4.78 is 0.282. The third-order valence-electron chi connectivity index (χ3n) is 2.25. The highest BCUT2D eigenvalue weighted by molar-refractivity contribution is 7.80. The minimum absolute atomic E-state index is 0.233. The predicted octanol–water partition coefficient (Wildman–Crippen LogP) is -0.295. The lowest BCUT2D eigenvalue weighted by atomic mass is 10.5. The minimum atomic E-state index is -0.233. The van der Waals surface area contributed by atoms with Crippen LogP contribution in [0.25, 0.3) is 0 Å². The summed E-state index contributed by atoms with van der Waals surface area (Å²) in [6.07, 6.45) is 0. The Hall–Kier alpha value is -0.680. The maximum atomic E-state index is 11.2. The molecule has 1 heterocycles. The Balaban J connectivity index is 3.01. The van der Waals surface area contributed by atoms with Gasteiger partial charge in [-0.3, -0.25) is 4.90 Å². The van der Waals surface area contributed by atoms with Gasteiger partial charge in [0.15, 0.2) is 0 Å². The van der Waals surface area contributed by atoms with E-state index in [4.69, 9.17) is 12.2 Å². The van der Waals surface area contributed by atoms with E-state index in [1.165, 1.54) is 4.90 Å². The second-order valence-corrected chi connectivity index (χ2v) is 3.14. The number of quaternary nitrogens is 1. The molecule has 0 aromatic heterocycles. The number of nitrogens with zero attached hydrogens (tertiary/aromatic N) is 3. The van der Waals surface area contributed by atoms with E-state index in [0.717, 1.165) is 13.1 Å². The van der Waals surface area contributed by atoms with Gasteiger partial charge in [0.25, 0.3) is 0 Å². The molecule has 0 saturated carbocycles. The fourth-order valence-corrected chi connectivity index (χ4v) is 1.65. The van der Waals surface area contributed by atoms with Crippen molar-refractivity contribution in [2.24, 2.45) is 5.10 Å². The number of hydrogen-bond donors (Lipinski definition) is 0. The highest BCUT2D eigenvalue weighted by atomic mass is 32.1. The molecule has 5 heteroatoms. The van der Waals surface area contributed by atoms with Crippen LogP contribution in [0.2, 0.25) is 0 Å². The molecule has 0 bridgehead atoms. The molecule has 68 valence electrons. The zero-order valence-corrected chi connectivity index (χ0v) is 8.39. The lowest BCUT2D eigenvalue weighted by Gasteiger charge is -2.25. The van der Waals surface area contributed by atoms with Gasteiger partial charge in [-0.1, -0.05) is 5.10 Å². The average molecular weight is 187 g/mol. The van der Waals surface area contributed by atoms with Crippen molar-refractivity contribution in [3.63, 3.8) is 0 Å². The van der Waals surface area contributed by atoms with E-state index in [2.05, 4.69) is 5.10 Å². The van der Waals surface area contributed by atoms with Crippen molar-refractivity contribution in [1.82, 2.24) is 4.90 Å². The van der Waals surface area contributed by atoms with E-state index in [1.807, 2.05) is 13.8 Å². The summed E-state index contributed by atoms with van der Waals surface area (Å²) in [6.45, 7) is 5.44. The van der Waals surface area contributed by atoms with E-state index >= 15 is 0 Å². The van der Waals surface area contributed by atoms with Gasteiger partial charge in [0.1, 0.15) is 19.1 Å². The highest BCUT2D eigenvalue weighted by Gasteiger charge is 2.38. The van der Waals surface area contributed by atoms with Crippen LogP contribution in [0.4, 0.5) is 0 Å². The Morgan fingerprint density at radius 1 is 1.50 bits per heavy atom. The fraction of sp³-hybridized carbons (Fsp3) is 0.714. The van der Waals surface area contributed by atoms with Crippen LogP contribution in [-0.4, -0.2) is 40.8 Å². The Kier molecular flexibility index (Phi) is 2.34. The maximum Gasteiger partial charge on any atom is 0.304 e. The quantitative estimate of drug-likeness (QED) is 0.440. The first-order chi connectivity index (χ1) is 5.57. The van der Waals surface area contributed by atoms with Crippen molar-refractivity contribution in [2.75, 3.05) is 20.1 Å². The minimum Gasteiger partial charge on any atom is -0.842 e. The van der Waals surface area contributed by atoms with Gasteiger partial charge in [-0.15, -0.1) is 4.59 Å². The molecule has 0 unspecified atom stereocenters. The van der Waals surface area contributed by atoms with Crippen molar-refractivity contribution in [1.29, 1.82) is 0 Å². The van der Waals surface area contributed by atoms with Gasteiger partial charge < -0.3 is 5.11 Å². The Morgan fingerprint density at radius 2 is 2.00 bits per heavy atom. The predicted molar refractivity (Wildman–Crippen MR) is 49.1 cm³/mol. The summed E-state index contributed by atoms with van der Waals surface area (Å²) in [4.78, 5) is 1.43. The smallest absolute Gasteiger partial charge is 0.304 e. The molecular weight excluding hydrogens is 174 g/mol. The monoisotopic (exact) mass is 187 g/mol. The summed E-state index contributed by atoms with van der Waals surface area (Å²) in [7, 11) is 1.67. The van der Waals surface area contributed by atoms with Gasteiger partial charge in [0, 0.05) is 19.3 Å². The van der Waals surface area contributed by atoms with E-state index in [1.54, 1.807) is 7.05 Å². The lowest BCUT2D eigenvalue weighted by molar-refractivity contribution is -0.842. The van der Waals surface area contributed by atoms with Gasteiger partial charge in [-0.25, -0.2) is 0 Å². The standard InChI is InChI=1S/C7H13N3OS/c1-4-10(5-2)7(12)9(3)6(11)8-10/h4-5H2,1-3H3. The molecule has 4 nitrogen and oxygen atoms in total. The molecule has 0 spiro atoms. The van der Waals surface area contributed by atoms with Crippen molar-refractivity contribution >= 4 is 23.4 Å². The summed E-state index contributed by atoms with van der Waals surface area (Å²) in [5, 5.41) is 15.8. The SMILES string of the molecule is CC[N+]1(CC)N=C([O-])N(C)C1=S. The van der Waals surface area contributed by atoms with Gasteiger partial charge in [0.2, 0.25) is 0 Å². The second-order valence-electron chi connectivity index (χ2n) is 2.78. The number of rotatable bonds is 2. The molecule has 0 amide bonds. The Bertz CT molecular complexity index is 235. The van der Waals surface area contributed by atoms with Crippen molar-refractivity contribution < 1.29 is 9.70 Å². The molecule has 0 aromatic carbocycles. The van der Waals surface area contributed by atoms with Crippen molar-refractivity contribution in [3.05, 3.63) is 0 Å². The third-order valence-corrected chi connectivity index (χ3v) is 2.87. The third kappa shape index (κ3) is 1.09. The largest absolute Gasteiger partial charge is 0.842 e. The van der Waals surface area contributed by atoms with Gasteiger partial charge in [0.05, 0.1) is 0 Å². The topological polar surface area (TPSA) is 38.7 Å². The van der Waals surface area contributed by atoms with E-state index in [-0.39, 0.29) is 10.6 Å². The van der Waals surface area contributed by atoms with Crippen LogP contribution in [-0.2, 0) is 0 Å². The molecule has 0 aliphatic carbocycles. The zero-order valence-electron chi connectivity index (χ0n) is 7.57. The normalized spacial score (nSPS) is 21.4. The summed E-state index contributed by atoms with van der Waals surface area (Å²) in [6, 6.07) is -0.233. The van der Waals surface area contributed by atoms with Crippen LogP contribution in [0, 0.1) is 0 Å². The summed E-state index contributed by atoms with van der Waals surface area (Å²) >= 11 is 5.13. The maximum absolute atomic E-state index is 11.2. The van der Waals surface area contributed by atoms with Gasteiger partial charge in [-0.2, -0.15) is 0 Å². The Morgan fingerprint density at radius 3 is 2.17 bits per heavy atom. The molecule has 0 fully saturated rings. The number of thiocarbonyl (C=S) groups is 1. The van der Waals surface area contributed by atoms with Crippen LogP contribution < -0.4 is 5.11 Å². The van der Waals surface area contributed by atoms with Crippen LogP contribution in [0.3, 0.4) is 0 Å². The van der Waals surface area contributed by atoms with E-state index < -0.39 is 0 Å². The molecule has 0 radical (unpaired) electrons. The lowest BCUT2D eigenvalue weighted by Crippen LogP contribution is -2.48. The fourth-order valence-electron chi connectivity index (χ4n) is 1.27. The molecule has 1 rings (SSSR count). The van der Waals surface area contributed by atoms with E-state index in [9.17, 15) is 5.11 Å². The second kappa shape index (κ2) is 2.99. The first-order valence-corrected chi connectivity index (χ1v) is 4.40. The van der Waals surface area contributed by atoms with Gasteiger partial charge >= 0.3 is 5.11 Å². The Labute approximate surface area is 77.7 Å². The van der Waals surface area contributed by atoms with Crippen LogP contribution in [0.15, 0.2) is 5.10 Å². The van der Waals surface area contributed by atoms with Crippen molar-refractivity contribution in [2.45, 2.75) is 13.8 Å². The average Bonchev–Trinajstić information content (AvgIpc) is 2.30. The first kappa shape index (κ1) is 9.41. The number of hydrogen-bond acceptors (Lipinski definition) is 3. The molecular formula is C7H13N3OS. The number of amidine groups is 1. The van der Waals surface area contributed by atoms with Gasteiger partial charge in [-0.05, 0) is 13.8 Å².